The first-order valence-electron chi connectivity index (χ1n) is 8.44. The molecule has 0 atom stereocenters. The van der Waals surface area contributed by atoms with Crippen LogP contribution in [-0.2, 0) is 5.60 Å². The third-order valence-electron chi connectivity index (χ3n) is 4.09. The highest BCUT2D eigenvalue weighted by Crippen LogP contribution is 2.52. The van der Waals surface area contributed by atoms with E-state index >= 15 is 0 Å². The number of rotatable bonds is 4. The number of hydrogen-bond acceptors (Lipinski definition) is 4. The highest BCUT2D eigenvalue weighted by molar-refractivity contribution is 5.96. The van der Waals surface area contributed by atoms with Gasteiger partial charge in [-0.15, -0.1) is 0 Å². The number of nitrogens with zero attached hydrogens (tertiary/aromatic N) is 1. The fraction of sp³-hybridized carbons (Fsp3) is 0.278. The quantitative estimate of drug-likeness (QED) is 0.276. The Morgan fingerprint density at radius 1 is 0.706 bits per heavy atom. The number of nitrogens with two attached hydrogens (primary N) is 1. The first kappa shape index (κ1) is 27.1. The molecule has 0 amide bonds. The van der Waals surface area contributed by atoms with E-state index in [1.54, 1.807) is 0 Å². The molecular weight excluding hydrogens is 504 g/mol. The number of halogens is 12. The van der Waals surface area contributed by atoms with E-state index in [1.165, 1.54) is 0 Å². The van der Waals surface area contributed by atoms with Crippen molar-refractivity contribution in [2.24, 2.45) is 4.99 Å². The molecule has 4 nitrogen and oxygen atoms in total. The Kier molecular flexibility index (Phi) is 6.81. The van der Waals surface area contributed by atoms with Crippen molar-refractivity contribution in [1.29, 1.82) is 0 Å². The third-order valence-corrected chi connectivity index (χ3v) is 4.09. The van der Waals surface area contributed by atoms with E-state index in [0.29, 0.717) is 18.2 Å². The molecule has 0 aromatic heterocycles. The summed E-state index contributed by atoms with van der Waals surface area (Å²) >= 11 is 0. The van der Waals surface area contributed by atoms with Crippen molar-refractivity contribution in [2.75, 3.05) is 5.73 Å². The molecule has 2 aromatic rings. The van der Waals surface area contributed by atoms with E-state index in [1.807, 2.05) is 0 Å². The molecule has 188 valence electrons. The summed E-state index contributed by atoms with van der Waals surface area (Å²) < 4.78 is 159. The summed E-state index contributed by atoms with van der Waals surface area (Å²) in [4.78, 5) is 2.47. The van der Waals surface area contributed by atoms with Crippen LogP contribution < -0.4 is 10.5 Å². The highest BCUT2D eigenvalue weighted by atomic mass is 19.4. The number of nitrogen functional groups attached to an aromatic ring is 1. The van der Waals surface area contributed by atoms with Gasteiger partial charge in [0.2, 0.25) is 5.71 Å². The lowest BCUT2D eigenvalue weighted by Crippen LogP contribution is -2.54. The van der Waals surface area contributed by atoms with Crippen molar-refractivity contribution < 1.29 is 62.5 Å². The van der Waals surface area contributed by atoms with Gasteiger partial charge in [-0.25, -0.2) is 4.99 Å². The zero-order valence-electron chi connectivity index (χ0n) is 16.0. The van der Waals surface area contributed by atoms with E-state index in [9.17, 15) is 57.8 Å². The van der Waals surface area contributed by atoms with Gasteiger partial charge in [-0.1, -0.05) is 0 Å². The summed E-state index contributed by atoms with van der Waals surface area (Å²) in [5, 5.41) is 9.49. The minimum Gasteiger partial charge on any atom is -0.457 e. The Labute approximate surface area is 181 Å². The Hall–Kier alpha value is -3.17. The van der Waals surface area contributed by atoms with Crippen LogP contribution in [-0.4, -0.2) is 35.5 Å². The third kappa shape index (κ3) is 5.48. The molecule has 0 aliphatic heterocycles. The predicted octanol–water partition coefficient (Wildman–Crippen LogP) is 6.57. The molecule has 0 heterocycles. The summed E-state index contributed by atoms with van der Waals surface area (Å²) in [5.74, 6) is -1.14. The van der Waals surface area contributed by atoms with Crippen LogP contribution in [0, 0.1) is 0 Å². The molecular formula is C18H10F12N2O2. The van der Waals surface area contributed by atoms with Gasteiger partial charge in [0.25, 0.3) is 5.60 Å². The highest BCUT2D eigenvalue weighted by Gasteiger charge is 2.72. The van der Waals surface area contributed by atoms with Crippen molar-refractivity contribution in [1.82, 2.24) is 0 Å². The number of aliphatic hydroxyl groups is 1. The van der Waals surface area contributed by atoms with Crippen LogP contribution in [0.3, 0.4) is 0 Å². The van der Waals surface area contributed by atoms with Gasteiger partial charge in [-0.2, -0.15) is 52.7 Å². The molecule has 16 heteroatoms. The van der Waals surface area contributed by atoms with Crippen molar-refractivity contribution >= 4 is 17.1 Å². The maximum atomic E-state index is 13.1. The summed E-state index contributed by atoms with van der Waals surface area (Å²) in [7, 11) is 0. The van der Waals surface area contributed by atoms with Crippen molar-refractivity contribution in [2.45, 2.75) is 30.3 Å². The topological polar surface area (TPSA) is 67.8 Å². The van der Waals surface area contributed by atoms with E-state index in [2.05, 4.69) is 4.99 Å². The number of benzene rings is 2. The lowest BCUT2D eigenvalue weighted by Gasteiger charge is -2.33. The zero-order chi connectivity index (χ0) is 26.3. The van der Waals surface area contributed by atoms with Crippen LogP contribution in [0.5, 0.6) is 11.5 Å². The van der Waals surface area contributed by atoms with Gasteiger partial charge in [0.05, 0.1) is 5.69 Å². The van der Waals surface area contributed by atoms with E-state index in [4.69, 9.17) is 10.5 Å². The summed E-state index contributed by atoms with van der Waals surface area (Å²) in [5.41, 5.74) is -6.99. The molecule has 2 aromatic carbocycles. The summed E-state index contributed by atoms with van der Waals surface area (Å²) in [6.45, 7) is 0. The number of anilines is 1. The molecule has 0 unspecified atom stereocenters. The van der Waals surface area contributed by atoms with Gasteiger partial charge < -0.3 is 15.6 Å². The standard InChI is InChI=1S/C18H10F12N2O2/c19-15(20,21)13(16(22,23)24)32-8-1-3-9(4-2-8)34-10-5-6-12(31)11(7-10)14(33,17(25,26)27)18(28,29)30/h1-7,33H,31H2. The first-order valence-corrected chi connectivity index (χ1v) is 8.44. The van der Waals surface area contributed by atoms with Gasteiger partial charge in [0.15, 0.2) is 0 Å². The van der Waals surface area contributed by atoms with Gasteiger partial charge in [-0.3, -0.25) is 0 Å². The van der Waals surface area contributed by atoms with Crippen LogP contribution in [0.4, 0.5) is 64.1 Å². The van der Waals surface area contributed by atoms with Crippen LogP contribution in [0.2, 0.25) is 0 Å². The Bertz CT molecular complexity index is 1020. The second-order valence-electron chi connectivity index (χ2n) is 6.51. The first-order chi connectivity index (χ1) is 15.2. The van der Waals surface area contributed by atoms with Crippen molar-refractivity contribution in [3.05, 3.63) is 48.0 Å². The number of hydrogen-bond donors (Lipinski definition) is 2. The van der Waals surface area contributed by atoms with Crippen LogP contribution in [0.15, 0.2) is 47.5 Å². The van der Waals surface area contributed by atoms with E-state index in [0.717, 1.165) is 18.2 Å². The van der Waals surface area contributed by atoms with Crippen LogP contribution in [0.1, 0.15) is 5.56 Å². The zero-order valence-corrected chi connectivity index (χ0v) is 16.0. The van der Waals surface area contributed by atoms with Crippen LogP contribution >= 0.6 is 0 Å². The molecule has 34 heavy (non-hydrogen) atoms. The molecule has 2 rings (SSSR count). The van der Waals surface area contributed by atoms with Gasteiger partial charge in [0, 0.05) is 11.3 Å². The smallest absolute Gasteiger partial charge is 0.438 e. The minimum absolute atomic E-state index is 0.133. The Morgan fingerprint density at radius 3 is 1.56 bits per heavy atom. The lowest BCUT2D eigenvalue weighted by molar-refractivity contribution is -0.376. The Balaban J connectivity index is 2.43. The predicted molar refractivity (Wildman–Crippen MR) is 92.6 cm³/mol. The molecule has 0 saturated carbocycles. The summed E-state index contributed by atoms with van der Waals surface area (Å²) in [6, 6.07) is 4.24. The largest absolute Gasteiger partial charge is 0.457 e. The SMILES string of the molecule is Nc1ccc(Oc2ccc(N=C(C(F)(F)F)C(F)(F)F)cc2)cc1C(O)(C(F)(F)F)C(F)(F)F. The van der Waals surface area contributed by atoms with Crippen molar-refractivity contribution in [3.8, 4) is 11.5 Å². The molecule has 3 N–H and O–H groups in total. The molecule has 0 aliphatic rings. The normalized spacial score (nSPS) is 13.6. The maximum absolute atomic E-state index is 13.1. The molecule has 0 saturated heterocycles. The Morgan fingerprint density at radius 2 is 1.15 bits per heavy atom. The monoisotopic (exact) mass is 514 g/mol. The van der Waals surface area contributed by atoms with E-state index < -0.39 is 64.5 Å². The molecule has 0 spiro atoms. The number of ether oxygens (including phenoxy) is 1. The van der Waals surface area contributed by atoms with Gasteiger partial charge in [-0.05, 0) is 42.5 Å². The molecule has 0 aliphatic carbocycles. The molecule has 0 bridgehead atoms. The maximum Gasteiger partial charge on any atom is 0.438 e. The van der Waals surface area contributed by atoms with Crippen LogP contribution in [0.25, 0.3) is 0 Å². The summed E-state index contributed by atoms with van der Waals surface area (Å²) in [6.07, 6.45) is -24.2. The van der Waals surface area contributed by atoms with Gasteiger partial charge in [0.1, 0.15) is 11.5 Å². The van der Waals surface area contributed by atoms with Crippen molar-refractivity contribution in [3.63, 3.8) is 0 Å². The average molecular weight is 514 g/mol. The fourth-order valence-electron chi connectivity index (χ4n) is 2.52. The minimum atomic E-state index is -6.24. The van der Waals surface area contributed by atoms with E-state index in [-0.39, 0.29) is 6.07 Å². The molecule has 0 radical (unpaired) electrons. The number of alkyl halides is 12. The second kappa shape index (κ2) is 8.56. The fourth-order valence-corrected chi connectivity index (χ4v) is 2.52. The lowest BCUT2D eigenvalue weighted by atomic mass is 9.90. The average Bonchev–Trinajstić information content (AvgIpc) is 2.64. The number of aliphatic imine (C=N–C) groups is 1. The van der Waals surface area contributed by atoms with Gasteiger partial charge >= 0.3 is 24.7 Å². The second-order valence-corrected chi connectivity index (χ2v) is 6.51. The molecule has 0 fully saturated rings.